The lowest BCUT2D eigenvalue weighted by Gasteiger charge is -2.24. The van der Waals surface area contributed by atoms with Gasteiger partial charge in [0.2, 0.25) is 0 Å². The molecule has 1 N–H and O–H groups in total. The predicted molar refractivity (Wildman–Crippen MR) is 51.8 cm³/mol. The van der Waals surface area contributed by atoms with Gasteiger partial charge in [-0.2, -0.15) is 0 Å². The van der Waals surface area contributed by atoms with Crippen molar-refractivity contribution >= 4 is 11.3 Å². The molecule has 2 nitrogen and oxygen atoms in total. The van der Waals surface area contributed by atoms with Gasteiger partial charge in [0.25, 0.3) is 0 Å². The Morgan fingerprint density at radius 3 is 2.75 bits per heavy atom. The Bertz CT molecular complexity index is 263. The van der Waals surface area contributed by atoms with E-state index in [0.717, 1.165) is 13.1 Å². The van der Waals surface area contributed by atoms with Crippen LogP contribution < -0.4 is 5.32 Å². The standard InChI is InChI=1S/C9H14N2S/c1-6(2)8-5-12-9(11-8)7-3-10-4-7/h5-7,10H,3-4H2,1-2H3. The van der Waals surface area contributed by atoms with E-state index in [2.05, 4.69) is 29.5 Å². The molecule has 0 amide bonds. The molecule has 0 aliphatic carbocycles. The summed E-state index contributed by atoms with van der Waals surface area (Å²) in [6, 6.07) is 0. The van der Waals surface area contributed by atoms with Crippen molar-refractivity contribution in [2.75, 3.05) is 13.1 Å². The average molecular weight is 182 g/mol. The summed E-state index contributed by atoms with van der Waals surface area (Å²) in [4.78, 5) is 4.61. The highest BCUT2D eigenvalue weighted by Crippen LogP contribution is 2.26. The number of nitrogens with one attached hydrogen (secondary N) is 1. The highest BCUT2D eigenvalue weighted by atomic mass is 32.1. The maximum Gasteiger partial charge on any atom is 0.0984 e. The smallest absolute Gasteiger partial charge is 0.0984 e. The van der Waals surface area contributed by atoms with Crippen LogP contribution in [0.25, 0.3) is 0 Å². The van der Waals surface area contributed by atoms with Crippen LogP contribution >= 0.6 is 11.3 Å². The largest absolute Gasteiger partial charge is 0.315 e. The van der Waals surface area contributed by atoms with E-state index in [1.807, 2.05) is 11.3 Å². The first-order chi connectivity index (χ1) is 5.77. The van der Waals surface area contributed by atoms with Crippen LogP contribution in [0.3, 0.4) is 0 Å². The van der Waals surface area contributed by atoms with Crippen molar-refractivity contribution in [3.8, 4) is 0 Å². The summed E-state index contributed by atoms with van der Waals surface area (Å²) in [5, 5.41) is 6.77. The molecule has 0 unspecified atom stereocenters. The molecule has 0 aromatic carbocycles. The summed E-state index contributed by atoms with van der Waals surface area (Å²) in [5.74, 6) is 1.27. The summed E-state index contributed by atoms with van der Waals surface area (Å²) in [6.07, 6.45) is 0. The van der Waals surface area contributed by atoms with E-state index < -0.39 is 0 Å². The summed E-state index contributed by atoms with van der Waals surface area (Å²) in [7, 11) is 0. The van der Waals surface area contributed by atoms with Gasteiger partial charge >= 0.3 is 0 Å². The highest BCUT2D eigenvalue weighted by molar-refractivity contribution is 7.09. The molecule has 1 aromatic rings. The van der Waals surface area contributed by atoms with Crippen LogP contribution in [0, 0.1) is 0 Å². The Morgan fingerprint density at radius 1 is 1.58 bits per heavy atom. The fraction of sp³-hybridized carbons (Fsp3) is 0.667. The van der Waals surface area contributed by atoms with Crippen molar-refractivity contribution in [2.45, 2.75) is 25.7 Å². The third-order valence-corrected chi connectivity index (χ3v) is 3.29. The Kier molecular flexibility index (Phi) is 2.15. The summed E-state index contributed by atoms with van der Waals surface area (Å²) >= 11 is 1.81. The molecule has 0 atom stereocenters. The minimum Gasteiger partial charge on any atom is -0.315 e. The molecule has 0 spiro atoms. The third kappa shape index (κ3) is 1.39. The molecule has 0 radical (unpaired) electrons. The fourth-order valence-corrected chi connectivity index (χ4v) is 2.30. The Labute approximate surface area is 77.0 Å². The molecular formula is C9H14N2S. The van der Waals surface area contributed by atoms with E-state index in [9.17, 15) is 0 Å². The normalized spacial score (nSPS) is 18.2. The van der Waals surface area contributed by atoms with E-state index in [0.29, 0.717) is 11.8 Å². The molecule has 1 aliphatic rings. The molecule has 66 valence electrons. The number of nitrogens with zero attached hydrogens (tertiary/aromatic N) is 1. The molecule has 2 heterocycles. The van der Waals surface area contributed by atoms with E-state index in [1.54, 1.807) is 0 Å². The van der Waals surface area contributed by atoms with Crippen LogP contribution in [0.2, 0.25) is 0 Å². The SMILES string of the molecule is CC(C)c1csc(C2CNC2)n1. The summed E-state index contributed by atoms with van der Waals surface area (Å²) < 4.78 is 0. The van der Waals surface area contributed by atoms with Gasteiger partial charge in [-0.1, -0.05) is 13.8 Å². The number of hydrogen-bond acceptors (Lipinski definition) is 3. The van der Waals surface area contributed by atoms with Crippen molar-refractivity contribution in [2.24, 2.45) is 0 Å². The lowest BCUT2D eigenvalue weighted by atomic mass is 10.1. The molecule has 3 heteroatoms. The molecule has 1 saturated heterocycles. The zero-order valence-corrected chi connectivity index (χ0v) is 8.32. The van der Waals surface area contributed by atoms with Crippen LogP contribution in [-0.2, 0) is 0 Å². The van der Waals surface area contributed by atoms with Crippen LogP contribution in [-0.4, -0.2) is 18.1 Å². The topological polar surface area (TPSA) is 24.9 Å². The lowest BCUT2D eigenvalue weighted by molar-refractivity contribution is 0.446. The van der Waals surface area contributed by atoms with Gasteiger partial charge in [-0.3, -0.25) is 0 Å². The number of hydrogen-bond donors (Lipinski definition) is 1. The fourth-order valence-electron chi connectivity index (χ4n) is 1.22. The first kappa shape index (κ1) is 8.20. The molecular weight excluding hydrogens is 168 g/mol. The second-order valence-electron chi connectivity index (χ2n) is 3.62. The van der Waals surface area contributed by atoms with Crippen LogP contribution in [0.1, 0.15) is 36.4 Å². The molecule has 2 rings (SSSR count). The maximum absolute atomic E-state index is 4.61. The number of rotatable bonds is 2. The number of aromatic nitrogens is 1. The zero-order chi connectivity index (χ0) is 8.55. The van der Waals surface area contributed by atoms with E-state index in [1.165, 1.54) is 10.7 Å². The molecule has 0 saturated carbocycles. The van der Waals surface area contributed by atoms with Crippen molar-refractivity contribution in [1.82, 2.24) is 10.3 Å². The minimum absolute atomic E-state index is 0.572. The van der Waals surface area contributed by atoms with E-state index in [4.69, 9.17) is 0 Å². The number of thiazole rings is 1. The molecule has 0 bridgehead atoms. The van der Waals surface area contributed by atoms with Gasteiger partial charge in [0.1, 0.15) is 0 Å². The maximum atomic E-state index is 4.61. The molecule has 1 aromatic heterocycles. The Balaban J connectivity index is 2.12. The molecule has 1 aliphatic heterocycles. The zero-order valence-electron chi connectivity index (χ0n) is 7.50. The predicted octanol–water partition coefficient (Wildman–Crippen LogP) is 1.95. The van der Waals surface area contributed by atoms with Gasteiger partial charge < -0.3 is 5.32 Å². The van der Waals surface area contributed by atoms with Crippen molar-refractivity contribution in [3.05, 3.63) is 16.1 Å². The monoisotopic (exact) mass is 182 g/mol. The Hall–Kier alpha value is -0.410. The third-order valence-electron chi connectivity index (χ3n) is 2.26. The quantitative estimate of drug-likeness (QED) is 0.756. The van der Waals surface area contributed by atoms with E-state index in [-0.39, 0.29) is 0 Å². The summed E-state index contributed by atoms with van der Waals surface area (Å²) in [5.41, 5.74) is 1.25. The van der Waals surface area contributed by atoms with Gasteiger partial charge in [-0.25, -0.2) is 4.98 Å². The molecule has 1 fully saturated rings. The van der Waals surface area contributed by atoms with Crippen LogP contribution in [0.15, 0.2) is 5.38 Å². The van der Waals surface area contributed by atoms with Gasteiger partial charge in [-0.15, -0.1) is 11.3 Å². The van der Waals surface area contributed by atoms with E-state index >= 15 is 0 Å². The average Bonchev–Trinajstić information content (AvgIpc) is 2.32. The van der Waals surface area contributed by atoms with Gasteiger partial charge in [0.05, 0.1) is 10.7 Å². The highest BCUT2D eigenvalue weighted by Gasteiger charge is 2.22. The van der Waals surface area contributed by atoms with Crippen LogP contribution in [0.5, 0.6) is 0 Å². The van der Waals surface area contributed by atoms with Crippen molar-refractivity contribution in [1.29, 1.82) is 0 Å². The van der Waals surface area contributed by atoms with Gasteiger partial charge in [0.15, 0.2) is 0 Å². The van der Waals surface area contributed by atoms with Crippen molar-refractivity contribution < 1.29 is 0 Å². The lowest BCUT2D eigenvalue weighted by Crippen LogP contribution is -2.39. The minimum atomic E-state index is 0.572. The van der Waals surface area contributed by atoms with Gasteiger partial charge in [0, 0.05) is 24.4 Å². The summed E-state index contributed by atoms with van der Waals surface area (Å²) in [6.45, 7) is 6.62. The second kappa shape index (κ2) is 3.15. The van der Waals surface area contributed by atoms with Crippen LogP contribution in [0.4, 0.5) is 0 Å². The second-order valence-corrected chi connectivity index (χ2v) is 4.51. The first-order valence-corrected chi connectivity index (χ1v) is 5.31. The molecule has 12 heavy (non-hydrogen) atoms. The Morgan fingerprint density at radius 2 is 2.33 bits per heavy atom. The van der Waals surface area contributed by atoms with Crippen molar-refractivity contribution in [3.63, 3.8) is 0 Å². The first-order valence-electron chi connectivity index (χ1n) is 4.43. The van der Waals surface area contributed by atoms with Gasteiger partial charge in [-0.05, 0) is 5.92 Å².